The van der Waals surface area contributed by atoms with Crippen molar-refractivity contribution < 1.29 is 38.8 Å². The smallest absolute Gasteiger partial charge is 0.352 e. The summed E-state index contributed by atoms with van der Waals surface area (Å²) < 4.78 is 17.8. The Balaban J connectivity index is 1.43. The maximum Gasteiger partial charge on any atom is 0.352 e. The van der Waals surface area contributed by atoms with Crippen LogP contribution in [-0.4, -0.2) is 73.0 Å². The number of rotatable bonds is 12. The van der Waals surface area contributed by atoms with E-state index in [2.05, 4.69) is 10.3 Å². The number of anilines is 1. The number of H-pyrrole nitrogens is 1. The number of aromatic nitrogens is 1. The molecule has 0 fully saturated rings. The molecular formula is C35H38ClN3O8. The number of fused-ring (bicyclic) bond motifs is 2. The van der Waals surface area contributed by atoms with Crippen LogP contribution in [0.25, 0.3) is 10.9 Å². The van der Waals surface area contributed by atoms with Crippen LogP contribution in [-0.2, 0) is 20.7 Å². The number of aromatic amines is 1. The zero-order valence-corrected chi connectivity index (χ0v) is 27.4. The second-order valence-corrected chi connectivity index (χ2v) is 12.7. The van der Waals surface area contributed by atoms with Gasteiger partial charge in [-0.1, -0.05) is 49.7 Å². The molecule has 0 bridgehead atoms. The van der Waals surface area contributed by atoms with Crippen LogP contribution in [0.2, 0.25) is 5.02 Å². The van der Waals surface area contributed by atoms with Crippen molar-refractivity contribution in [3.63, 3.8) is 0 Å². The quantitative estimate of drug-likeness (QED) is 0.163. The number of para-hydroxylation sites is 1. The van der Waals surface area contributed by atoms with Gasteiger partial charge in [0.15, 0.2) is 11.5 Å². The minimum absolute atomic E-state index is 0.101. The van der Waals surface area contributed by atoms with Gasteiger partial charge in [-0.25, -0.2) is 4.79 Å². The summed E-state index contributed by atoms with van der Waals surface area (Å²) in [6.07, 6.45) is -1.84. The molecule has 0 aliphatic carbocycles. The van der Waals surface area contributed by atoms with Gasteiger partial charge in [0.25, 0.3) is 5.91 Å². The molecule has 47 heavy (non-hydrogen) atoms. The number of benzene rings is 3. The average molecular weight is 664 g/mol. The van der Waals surface area contributed by atoms with E-state index < -0.39 is 29.5 Å². The normalized spacial score (nSPS) is 16.5. The fourth-order valence-corrected chi connectivity index (χ4v) is 5.92. The van der Waals surface area contributed by atoms with Crippen molar-refractivity contribution in [2.24, 2.45) is 5.41 Å². The zero-order valence-electron chi connectivity index (χ0n) is 26.6. The van der Waals surface area contributed by atoms with E-state index in [1.54, 1.807) is 41.3 Å². The third kappa shape index (κ3) is 7.38. The molecular weight excluding hydrogens is 626 g/mol. The van der Waals surface area contributed by atoms with Gasteiger partial charge in [0.1, 0.15) is 17.9 Å². The van der Waals surface area contributed by atoms with Gasteiger partial charge in [0.2, 0.25) is 5.91 Å². The molecule has 0 saturated heterocycles. The van der Waals surface area contributed by atoms with Crippen molar-refractivity contribution in [3.8, 4) is 11.5 Å². The first-order valence-corrected chi connectivity index (χ1v) is 15.5. The fraction of sp³-hybridized carbons (Fsp3) is 0.343. The number of ether oxygens (including phenoxy) is 3. The molecule has 0 unspecified atom stereocenters. The van der Waals surface area contributed by atoms with Gasteiger partial charge in [-0.05, 0) is 48.4 Å². The number of aliphatic hydroxyl groups is 1. The number of nitrogens with one attached hydrogen (secondary N) is 2. The summed E-state index contributed by atoms with van der Waals surface area (Å²) in [5.74, 6) is -0.973. The van der Waals surface area contributed by atoms with Crippen LogP contribution in [0.1, 0.15) is 53.6 Å². The highest BCUT2D eigenvalue weighted by Gasteiger charge is 2.40. The lowest BCUT2D eigenvalue weighted by Crippen LogP contribution is -2.46. The van der Waals surface area contributed by atoms with E-state index in [4.69, 9.17) is 25.8 Å². The summed E-state index contributed by atoms with van der Waals surface area (Å²) in [7, 11) is 3.04. The van der Waals surface area contributed by atoms with E-state index in [9.17, 15) is 24.6 Å². The molecule has 2 heterocycles. The van der Waals surface area contributed by atoms with Crippen LogP contribution in [0, 0.1) is 5.41 Å². The molecule has 0 spiro atoms. The first kappa shape index (κ1) is 33.8. The van der Waals surface area contributed by atoms with Crippen LogP contribution in [0.3, 0.4) is 0 Å². The lowest BCUT2D eigenvalue weighted by atomic mass is 9.92. The van der Waals surface area contributed by atoms with E-state index in [1.165, 1.54) is 14.2 Å². The van der Waals surface area contributed by atoms with Crippen molar-refractivity contribution in [2.45, 2.75) is 38.9 Å². The highest BCUT2D eigenvalue weighted by molar-refractivity contribution is 6.30. The van der Waals surface area contributed by atoms with Gasteiger partial charge in [-0.3, -0.25) is 9.59 Å². The first-order chi connectivity index (χ1) is 22.4. The topological polar surface area (TPSA) is 150 Å². The lowest BCUT2D eigenvalue weighted by Gasteiger charge is -2.32. The van der Waals surface area contributed by atoms with Gasteiger partial charge in [0, 0.05) is 57.9 Å². The first-order valence-electron chi connectivity index (χ1n) is 15.1. The molecule has 11 nitrogen and oxygen atoms in total. The predicted molar refractivity (Wildman–Crippen MR) is 178 cm³/mol. The van der Waals surface area contributed by atoms with Gasteiger partial charge in [-0.15, -0.1) is 0 Å². The van der Waals surface area contributed by atoms with Crippen LogP contribution in [0.4, 0.5) is 5.69 Å². The number of amides is 2. The number of carboxylic acid groups (broad SMARTS) is 1. The Morgan fingerprint density at radius 3 is 2.55 bits per heavy atom. The van der Waals surface area contributed by atoms with Crippen molar-refractivity contribution in [1.82, 2.24) is 10.3 Å². The maximum atomic E-state index is 14.3. The fourth-order valence-electron chi connectivity index (χ4n) is 5.74. The Bertz CT molecular complexity index is 1800. The third-order valence-corrected chi connectivity index (χ3v) is 8.39. The largest absolute Gasteiger partial charge is 0.493 e. The van der Waals surface area contributed by atoms with Gasteiger partial charge >= 0.3 is 5.97 Å². The summed E-state index contributed by atoms with van der Waals surface area (Å²) in [6, 6.07) is 17.6. The Labute approximate surface area is 277 Å². The average Bonchev–Trinajstić information content (AvgIpc) is 3.45. The van der Waals surface area contributed by atoms with E-state index >= 15 is 0 Å². The maximum absolute atomic E-state index is 14.3. The number of halogens is 1. The molecule has 4 aromatic rings. The number of hydrogen-bond donors (Lipinski definition) is 4. The molecule has 2 atom stereocenters. The molecule has 1 aromatic heterocycles. The van der Waals surface area contributed by atoms with Gasteiger partial charge in [0.05, 0.1) is 20.6 Å². The van der Waals surface area contributed by atoms with Crippen molar-refractivity contribution in [1.29, 1.82) is 0 Å². The molecule has 4 N–H and O–H groups in total. The van der Waals surface area contributed by atoms with Crippen LogP contribution < -0.4 is 19.7 Å². The Hall–Kier alpha value is -4.58. The number of nitrogens with zero attached hydrogens (tertiary/aromatic N) is 1. The summed E-state index contributed by atoms with van der Waals surface area (Å²) in [5, 5.41) is 23.5. The number of aromatic carboxylic acids is 1. The molecule has 1 aliphatic rings. The van der Waals surface area contributed by atoms with Crippen LogP contribution in [0.5, 0.6) is 11.5 Å². The second kappa shape index (κ2) is 14.0. The Morgan fingerprint density at radius 2 is 1.85 bits per heavy atom. The SMILES string of the molecule is COc1cccc([C@H]2O[C@H](CC(=O)NCCc3ccc4cc(C(=O)O)[nH]c4c3)C(=O)N(CC(C)(C)CO)c3ccc(Cl)cc32)c1OC. The number of carbonyl (C=O) groups is 3. The molecule has 2 amide bonds. The van der Waals surface area contributed by atoms with Gasteiger partial charge < -0.3 is 39.6 Å². The summed E-state index contributed by atoms with van der Waals surface area (Å²) >= 11 is 6.49. The minimum atomic E-state index is -1.19. The number of aliphatic hydroxyl groups excluding tert-OH is 1. The Morgan fingerprint density at radius 1 is 1.06 bits per heavy atom. The number of carbonyl (C=O) groups excluding carboxylic acids is 2. The van der Waals surface area contributed by atoms with Crippen molar-refractivity contribution in [3.05, 3.63) is 88.1 Å². The van der Waals surface area contributed by atoms with E-state index in [0.29, 0.717) is 45.3 Å². The van der Waals surface area contributed by atoms with Crippen molar-refractivity contribution in [2.75, 3.05) is 38.8 Å². The molecule has 12 heteroatoms. The summed E-state index contributed by atoms with van der Waals surface area (Å²) in [5.41, 5.74) is 2.75. The monoisotopic (exact) mass is 663 g/mol. The highest BCUT2D eigenvalue weighted by atomic mass is 35.5. The Kier molecular flexibility index (Phi) is 10.1. The van der Waals surface area contributed by atoms with E-state index in [-0.39, 0.29) is 37.7 Å². The molecule has 1 aliphatic heterocycles. The molecule has 0 saturated carbocycles. The van der Waals surface area contributed by atoms with E-state index in [1.807, 2.05) is 38.1 Å². The summed E-state index contributed by atoms with van der Waals surface area (Å²) in [6.45, 7) is 3.95. The van der Waals surface area contributed by atoms with E-state index in [0.717, 1.165) is 10.9 Å². The van der Waals surface area contributed by atoms with Crippen LogP contribution in [0.15, 0.2) is 60.7 Å². The number of methoxy groups -OCH3 is 2. The second-order valence-electron chi connectivity index (χ2n) is 12.3. The minimum Gasteiger partial charge on any atom is -0.493 e. The predicted octanol–water partition coefficient (Wildman–Crippen LogP) is 5.13. The lowest BCUT2D eigenvalue weighted by molar-refractivity contribution is -0.138. The summed E-state index contributed by atoms with van der Waals surface area (Å²) in [4.78, 5) is 43.4. The van der Waals surface area contributed by atoms with Gasteiger partial charge in [-0.2, -0.15) is 0 Å². The standard InChI is InChI=1S/C35H38ClN3O8/c1-35(2,19-40)18-39-27-11-10-22(36)16-24(27)31(23-6-5-7-28(45-3)32(23)46-4)47-29(33(39)42)17-30(41)37-13-12-20-8-9-21-15-26(34(43)44)38-25(21)14-20/h5-11,14-16,29,31,38,40H,12-13,17-19H2,1-4H3,(H,37,41)(H,43,44)/t29-,31-/m1/s1. The number of carboxylic acids is 1. The molecule has 248 valence electrons. The highest BCUT2D eigenvalue weighted by Crippen LogP contribution is 2.45. The zero-order chi connectivity index (χ0) is 33.9. The molecule has 0 radical (unpaired) electrons. The third-order valence-electron chi connectivity index (χ3n) is 8.16. The van der Waals surface area contributed by atoms with Crippen LogP contribution >= 0.6 is 11.6 Å². The molecule has 5 rings (SSSR count). The number of hydrogen-bond acceptors (Lipinski definition) is 7. The van der Waals surface area contributed by atoms with Crippen molar-refractivity contribution >= 4 is 46.0 Å². The molecule has 3 aromatic carbocycles.